The number of fused-ring (bicyclic) bond motifs is 1. The fourth-order valence-corrected chi connectivity index (χ4v) is 3.27. The first-order valence-corrected chi connectivity index (χ1v) is 8.97. The van der Waals surface area contributed by atoms with Crippen LogP contribution in [-0.2, 0) is 9.53 Å². The average molecular weight is 385 g/mol. The molecule has 28 heavy (non-hydrogen) atoms. The number of nitrogens with zero attached hydrogens (tertiary/aromatic N) is 2. The monoisotopic (exact) mass is 385 g/mol. The Morgan fingerprint density at radius 3 is 2.79 bits per heavy atom. The third-order valence-corrected chi connectivity index (χ3v) is 4.89. The fraction of sp³-hybridized carbons (Fsp3) is 0.300. The number of amides is 3. The number of ether oxygens (including phenoxy) is 2. The van der Waals surface area contributed by atoms with E-state index < -0.39 is 0 Å². The maximum Gasteiger partial charge on any atom is 0.322 e. The Kier molecular flexibility index (Phi) is 4.87. The van der Waals surface area contributed by atoms with Crippen molar-refractivity contribution in [1.82, 2.24) is 4.90 Å². The number of rotatable bonds is 2. The largest absolute Gasteiger partial charge is 0.482 e. The van der Waals surface area contributed by atoms with Crippen LogP contribution in [0.5, 0.6) is 5.75 Å². The number of anilines is 2. The molecule has 0 aliphatic carbocycles. The standard InChI is InChI=1S/C20H20FN3O4/c1-23-16-10-15(6-7-17(16)28-12-19(23)25)22-20(26)24-8-9-27-18(11-24)13-2-4-14(21)5-3-13/h2-7,10,18H,8-9,11-12H2,1H3,(H,22,26)/t18-/m0/s1. The molecule has 3 amide bonds. The van der Waals surface area contributed by atoms with Crippen LogP contribution in [-0.4, -0.2) is 50.2 Å². The highest BCUT2D eigenvalue weighted by Gasteiger charge is 2.27. The maximum atomic E-state index is 13.1. The number of nitrogens with one attached hydrogen (secondary N) is 1. The minimum absolute atomic E-state index is 0.00770. The van der Waals surface area contributed by atoms with E-state index in [0.29, 0.717) is 36.8 Å². The number of urea groups is 1. The summed E-state index contributed by atoms with van der Waals surface area (Å²) < 4.78 is 24.3. The summed E-state index contributed by atoms with van der Waals surface area (Å²) in [7, 11) is 1.67. The molecule has 1 atom stereocenters. The first-order valence-electron chi connectivity index (χ1n) is 8.97. The second-order valence-electron chi connectivity index (χ2n) is 6.71. The van der Waals surface area contributed by atoms with Crippen molar-refractivity contribution in [1.29, 1.82) is 0 Å². The highest BCUT2D eigenvalue weighted by atomic mass is 19.1. The van der Waals surface area contributed by atoms with Crippen LogP contribution in [0.25, 0.3) is 0 Å². The smallest absolute Gasteiger partial charge is 0.322 e. The van der Waals surface area contributed by atoms with Gasteiger partial charge in [-0.2, -0.15) is 0 Å². The zero-order chi connectivity index (χ0) is 19.7. The average Bonchev–Trinajstić information content (AvgIpc) is 2.72. The number of halogens is 1. The van der Waals surface area contributed by atoms with Crippen LogP contribution in [0.1, 0.15) is 11.7 Å². The van der Waals surface area contributed by atoms with Crippen molar-refractivity contribution < 1.29 is 23.5 Å². The summed E-state index contributed by atoms with van der Waals surface area (Å²) in [5.41, 5.74) is 2.00. The zero-order valence-corrected chi connectivity index (χ0v) is 15.4. The molecular weight excluding hydrogens is 365 g/mol. The lowest BCUT2D eigenvalue weighted by Crippen LogP contribution is -2.44. The van der Waals surface area contributed by atoms with Crippen LogP contribution in [0.15, 0.2) is 42.5 Å². The second kappa shape index (κ2) is 7.47. The predicted octanol–water partition coefficient (Wildman–Crippen LogP) is 2.79. The Labute approximate surface area is 161 Å². The van der Waals surface area contributed by atoms with Gasteiger partial charge in [0.25, 0.3) is 5.91 Å². The lowest BCUT2D eigenvalue weighted by atomic mass is 10.1. The van der Waals surface area contributed by atoms with Gasteiger partial charge in [0.1, 0.15) is 17.7 Å². The van der Waals surface area contributed by atoms with E-state index in [2.05, 4.69) is 5.32 Å². The van der Waals surface area contributed by atoms with Gasteiger partial charge in [-0.15, -0.1) is 0 Å². The van der Waals surface area contributed by atoms with Crippen molar-refractivity contribution in [2.24, 2.45) is 0 Å². The van der Waals surface area contributed by atoms with Gasteiger partial charge in [0.05, 0.1) is 18.8 Å². The number of likely N-dealkylation sites (N-methyl/N-ethyl adjacent to an activating group) is 1. The lowest BCUT2D eigenvalue weighted by Gasteiger charge is -2.33. The third kappa shape index (κ3) is 3.63. The molecule has 1 fully saturated rings. The summed E-state index contributed by atoms with van der Waals surface area (Å²) in [6, 6.07) is 11.0. The molecule has 2 aliphatic heterocycles. The van der Waals surface area contributed by atoms with Crippen LogP contribution in [0.4, 0.5) is 20.6 Å². The summed E-state index contributed by atoms with van der Waals surface area (Å²) in [6.07, 6.45) is -0.305. The molecule has 2 aliphatic rings. The normalized spacial score (nSPS) is 19.1. The maximum absolute atomic E-state index is 13.1. The molecule has 0 aromatic heterocycles. The van der Waals surface area contributed by atoms with Crippen molar-refractivity contribution in [2.75, 3.05) is 43.6 Å². The molecule has 0 bridgehead atoms. The van der Waals surface area contributed by atoms with E-state index in [1.54, 1.807) is 42.3 Å². The van der Waals surface area contributed by atoms with E-state index in [9.17, 15) is 14.0 Å². The van der Waals surface area contributed by atoms with Crippen molar-refractivity contribution >= 4 is 23.3 Å². The Hall–Kier alpha value is -3.13. The molecular formula is C20H20FN3O4. The second-order valence-corrected chi connectivity index (χ2v) is 6.71. The van der Waals surface area contributed by atoms with Crippen molar-refractivity contribution in [3.8, 4) is 5.75 Å². The molecule has 4 rings (SSSR count). The highest BCUT2D eigenvalue weighted by molar-refractivity contribution is 5.99. The van der Waals surface area contributed by atoms with Gasteiger partial charge < -0.3 is 24.6 Å². The van der Waals surface area contributed by atoms with Crippen molar-refractivity contribution in [3.63, 3.8) is 0 Å². The van der Waals surface area contributed by atoms with Crippen LogP contribution >= 0.6 is 0 Å². The van der Waals surface area contributed by atoms with Crippen molar-refractivity contribution in [3.05, 3.63) is 53.8 Å². The van der Waals surface area contributed by atoms with Crippen LogP contribution in [0, 0.1) is 5.82 Å². The van der Waals surface area contributed by atoms with E-state index in [4.69, 9.17) is 9.47 Å². The third-order valence-electron chi connectivity index (χ3n) is 4.89. The van der Waals surface area contributed by atoms with E-state index >= 15 is 0 Å². The number of carbonyl (C=O) groups excluding carboxylic acids is 2. The Morgan fingerprint density at radius 2 is 2.00 bits per heavy atom. The minimum Gasteiger partial charge on any atom is -0.482 e. The zero-order valence-electron chi connectivity index (χ0n) is 15.4. The molecule has 0 saturated carbocycles. The number of hydrogen-bond donors (Lipinski definition) is 1. The predicted molar refractivity (Wildman–Crippen MR) is 101 cm³/mol. The van der Waals surface area contributed by atoms with E-state index in [1.807, 2.05) is 0 Å². The van der Waals surface area contributed by atoms with Crippen LogP contribution < -0.4 is 15.0 Å². The SMILES string of the molecule is CN1C(=O)COc2ccc(NC(=O)N3CCO[C@H](c4ccc(F)cc4)C3)cc21. The van der Waals surface area contributed by atoms with Crippen molar-refractivity contribution in [2.45, 2.75) is 6.10 Å². The van der Waals surface area contributed by atoms with Gasteiger partial charge in [-0.1, -0.05) is 12.1 Å². The first kappa shape index (κ1) is 18.2. The molecule has 0 unspecified atom stereocenters. The summed E-state index contributed by atoms with van der Waals surface area (Å²) in [5.74, 6) is 0.142. The summed E-state index contributed by atoms with van der Waals surface area (Å²) in [5, 5.41) is 2.86. The molecule has 146 valence electrons. The molecule has 2 aromatic carbocycles. The summed E-state index contributed by atoms with van der Waals surface area (Å²) in [6.45, 7) is 1.22. The Bertz CT molecular complexity index is 903. The summed E-state index contributed by atoms with van der Waals surface area (Å²) >= 11 is 0. The molecule has 1 N–H and O–H groups in total. The van der Waals surface area contributed by atoms with Crippen LogP contribution in [0.3, 0.4) is 0 Å². The molecule has 2 heterocycles. The number of hydrogen-bond acceptors (Lipinski definition) is 4. The van der Waals surface area contributed by atoms with Crippen LogP contribution in [0.2, 0.25) is 0 Å². The van der Waals surface area contributed by atoms with Gasteiger partial charge in [0.2, 0.25) is 0 Å². The lowest BCUT2D eigenvalue weighted by molar-refractivity contribution is -0.120. The van der Waals surface area contributed by atoms with Gasteiger partial charge in [-0.05, 0) is 35.9 Å². The molecule has 2 aromatic rings. The van der Waals surface area contributed by atoms with Gasteiger partial charge in [0.15, 0.2) is 6.61 Å². The van der Waals surface area contributed by atoms with E-state index in [1.165, 1.54) is 17.0 Å². The Balaban J connectivity index is 1.45. The van der Waals surface area contributed by atoms with Gasteiger partial charge in [-0.3, -0.25) is 4.79 Å². The van der Waals surface area contributed by atoms with Gasteiger partial charge in [0, 0.05) is 19.3 Å². The van der Waals surface area contributed by atoms with Gasteiger partial charge in [-0.25, -0.2) is 9.18 Å². The van der Waals surface area contributed by atoms with E-state index in [0.717, 1.165) is 5.56 Å². The Morgan fingerprint density at radius 1 is 1.21 bits per heavy atom. The molecule has 0 radical (unpaired) electrons. The summed E-state index contributed by atoms with van der Waals surface area (Å²) in [4.78, 5) is 27.7. The molecule has 8 heteroatoms. The first-order chi connectivity index (χ1) is 13.5. The molecule has 7 nitrogen and oxygen atoms in total. The highest BCUT2D eigenvalue weighted by Crippen LogP contribution is 2.33. The molecule has 1 saturated heterocycles. The molecule has 0 spiro atoms. The fourth-order valence-electron chi connectivity index (χ4n) is 3.27. The van der Waals surface area contributed by atoms with Gasteiger partial charge >= 0.3 is 6.03 Å². The number of carbonyl (C=O) groups is 2. The quantitative estimate of drug-likeness (QED) is 0.863. The number of benzene rings is 2. The topological polar surface area (TPSA) is 71.1 Å². The van der Waals surface area contributed by atoms with E-state index in [-0.39, 0.29) is 30.5 Å². The number of morpholine rings is 1. The minimum atomic E-state index is -0.311.